The van der Waals surface area contributed by atoms with Gasteiger partial charge in [-0.2, -0.15) is 0 Å². The van der Waals surface area contributed by atoms with Gasteiger partial charge >= 0.3 is 0 Å². The summed E-state index contributed by atoms with van der Waals surface area (Å²) in [5.74, 6) is 0.524. The Bertz CT molecular complexity index is 463. The molecule has 21 heavy (non-hydrogen) atoms. The van der Waals surface area contributed by atoms with E-state index in [1.54, 1.807) is 24.1 Å². The molecule has 0 saturated carbocycles. The highest BCUT2D eigenvalue weighted by atomic mass is 127. The molecule has 2 N–H and O–H groups in total. The van der Waals surface area contributed by atoms with Crippen LogP contribution < -0.4 is 15.5 Å². The van der Waals surface area contributed by atoms with E-state index in [2.05, 4.69) is 29.5 Å². The number of anilines is 1. The molecule has 1 unspecified atom stereocenters. The molecule has 1 aromatic carbocycles. The Kier molecular flexibility index (Phi) is 9.32. The fourth-order valence-electron chi connectivity index (χ4n) is 1.74. The minimum atomic E-state index is -0.209. The zero-order chi connectivity index (χ0) is 15.1. The molecule has 0 spiro atoms. The third-order valence-electron chi connectivity index (χ3n) is 3.17. The van der Waals surface area contributed by atoms with Crippen LogP contribution in [-0.4, -0.2) is 33.1 Å². The van der Waals surface area contributed by atoms with Gasteiger partial charge in [0.25, 0.3) is 0 Å². The van der Waals surface area contributed by atoms with Gasteiger partial charge in [0.15, 0.2) is 5.96 Å². The highest BCUT2D eigenvalue weighted by molar-refractivity contribution is 14.0. The van der Waals surface area contributed by atoms with E-state index in [9.17, 15) is 4.39 Å². The van der Waals surface area contributed by atoms with Gasteiger partial charge in [-0.05, 0) is 31.0 Å². The fraction of sp³-hybridized carbons (Fsp3) is 0.533. The van der Waals surface area contributed by atoms with Crippen LogP contribution in [0.25, 0.3) is 0 Å². The third kappa shape index (κ3) is 6.50. The molecule has 0 radical (unpaired) electrons. The normalized spacial score (nSPS) is 12.4. The summed E-state index contributed by atoms with van der Waals surface area (Å²) in [5, 5.41) is 6.45. The summed E-state index contributed by atoms with van der Waals surface area (Å²) in [6.45, 7) is 4.75. The molecule has 0 fully saturated rings. The van der Waals surface area contributed by atoms with Crippen LogP contribution in [0, 0.1) is 5.82 Å². The predicted molar refractivity (Wildman–Crippen MR) is 99.2 cm³/mol. The van der Waals surface area contributed by atoms with Crippen molar-refractivity contribution in [1.82, 2.24) is 10.6 Å². The molecule has 0 heterocycles. The lowest BCUT2D eigenvalue weighted by Crippen LogP contribution is -2.41. The quantitative estimate of drug-likeness (QED) is 0.447. The number of guanidine groups is 1. The Balaban J connectivity index is 0.00000400. The summed E-state index contributed by atoms with van der Waals surface area (Å²) in [5.41, 5.74) is 1.48. The van der Waals surface area contributed by atoms with Crippen LogP contribution in [0.1, 0.15) is 25.8 Å². The first-order valence-corrected chi connectivity index (χ1v) is 6.90. The van der Waals surface area contributed by atoms with Gasteiger partial charge in [-0.15, -0.1) is 24.0 Å². The average Bonchev–Trinajstić information content (AvgIpc) is 2.42. The number of hydrogen-bond acceptors (Lipinski definition) is 2. The number of nitrogens with one attached hydrogen (secondary N) is 2. The van der Waals surface area contributed by atoms with Crippen LogP contribution in [0.5, 0.6) is 0 Å². The highest BCUT2D eigenvalue weighted by Gasteiger charge is 2.06. The Morgan fingerprint density at radius 1 is 1.38 bits per heavy atom. The maximum atomic E-state index is 13.9. The van der Waals surface area contributed by atoms with Gasteiger partial charge in [-0.1, -0.05) is 13.0 Å². The van der Waals surface area contributed by atoms with Crippen LogP contribution in [-0.2, 0) is 6.54 Å². The second kappa shape index (κ2) is 9.81. The van der Waals surface area contributed by atoms with Crippen molar-refractivity contribution in [3.05, 3.63) is 29.6 Å². The predicted octanol–water partition coefficient (Wildman–Crippen LogP) is 2.97. The van der Waals surface area contributed by atoms with E-state index in [0.29, 0.717) is 18.3 Å². The van der Waals surface area contributed by atoms with Gasteiger partial charge < -0.3 is 15.5 Å². The lowest BCUT2D eigenvalue weighted by molar-refractivity contribution is 0.617. The van der Waals surface area contributed by atoms with Crippen molar-refractivity contribution in [2.75, 3.05) is 26.0 Å². The summed E-state index contributed by atoms with van der Waals surface area (Å²) in [6.07, 6.45) is 1.02. The van der Waals surface area contributed by atoms with Crippen molar-refractivity contribution in [1.29, 1.82) is 0 Å². The molecule has 0 bridgehead atoms. The number of aliphatic imine (C=N–C) groups is 1. The van der Waals surface area contributed by atoms with E-state index < -0.39 is 0 Å². The molecular formula is C15H26FIN4. The maximum absolute atomic E-state index is 13.9. The maximum Gasteiger partial charge on any atom is 0.191 e. The molecule has 0 aliphatic heterocycles. The second-order valence-electron chi connectivity index (χ2n) is 5.06. The molecule has 0 aliphatic rings. The zero-order valence-corrected chi connectivity index (χ0v) is 15.7. The molecule has 1 aromatic rings. The molecule has 1 atom stereocenters. The zero-order valence-electron chi connectivity index (χ0n) is 13.4. The lowest BCUT2D eigenvalue weighted by atomic mass is 10.2. The number of hydrogen-bond donors (Lipinski definition) is 2. The lowest BCUT2D eigenvalue weighted by Gasteiger charge is -2.17. The van der Waals surface area contributed by atoms with E-state index in [4.69, 9.17) is 0 Å². The number of benzene rings is 1. The summed E-state index contributed by atoms with van der Waals surface area (Å²) in [4.78, 5) is 5.91. The van der Waals surface area contributed by atoms with Gasteiger partial charge in [0.05, 0.1) is 5.69 Å². The molecule has 1 rings (SSSR count). The van der Waals surface area contributed by atoms with Gasteiger partial charge in [0.2, 0.25) is 0 Å². The molecule has 0 amide bonds. The second-order valence-corrected chi connectivity index (χ2v) is 5.06. The van der Waals surface area contributed by atoms with E-state index in [0.717, 1.165) is 17.9 Å². The van der Waals surface area contributed by atoms with Crippen molar-refractivity contribution in [3.63, 3.8) is 0 Å². The van der Waals surface area contributed by atoms with Crippen LogP contribution in [0.4, 0.5) is 10.1 Å². The van der Waals surface area contributed by atoms with Gasteiger partial charge in [0, 0.05) is 33.7 Å². The van der Waals surface area contributed by atoms with Gasteiger partial charge in [0.1, 0.15) is 5.82 Å². The van der Waals surface area contributed by atoms with Gasteiger partial charge in [-0.25, -0.2) is 4.39 Å². The highest BCUT2D eigenvalue weighted by Crippen LogP contribution is 2.18. The van der Waals surface area contributed by atoms with Crippen molar-refractivity contribution >= 4 is 35.6 Å². The van der Waals surface area contributed by atoms with Crippen LogP contribution >= 0.6 is 24.0 Å². The smallest absolute Gasteiger partial charge is 0.191 e. The first kappa shape index (κ1) is 19.9. The molecule has 4 nitrogen and oxygen atoms in total. The van der Waals surface area contributed by atoms with Crippen molar-refractivity contribution < 1.29 is 4.39 Å². The van der Waals surface area contributed by atoms with E-state index in [1.165, 1.54) is 0 Å². The monoisotopic (exact) mass is 408 g/mol. The first-order valence-electron chi connectivity index (χ1n) is 6.90. The van der Waals surface area contributed by atoms with Gasteiger partial charge in [-0.3, -0.25) is 4.99 Å². The Morgan fingerprint density at radius 2 is 2.05 bits per heavy atom. The Morgan fingerprint density at radius 3 is 2.52 bits per heavy atom. The topological polar surface area (TPSA) is 39.7 Å². The van der Waals surface area contributed by atoms with Crippen molar-refractivity contribution in [2.45, 2.75) is 32.9 Å². The minimum Gasteiger partial charge on any atom is -0.375 e. The summed E-state index contributed by atoms with van der Waals surface area (Å²) < 4.78 is 13.9. The van der Waals surface area contributed by atoms with Crippen LogP contribution in [0.3, 0.4) is 0 Å². The third-order valence-corrected chi connectivity index (χ3v) is 3.17. The average molecular weight is 408 g/mol. The van der Waals surface area contributed by atoms with E-state index in [-0.39, 0.29) is 29.8 Å². The Labute approximate surface area is 144 Å². The molecule has 120 valence electrons. The number of halogens is 2. The van der Waals surface area contributed by atoms with E-state index >= 15 is 0 Å². The molecular weight excluding hydrogens is 382 g/mol. The molecule has 6 heteroatoms. The number of nitrogens with zero attached hydrogens (tertiary/aromatic N) is 2. The van der Waals surface area contributed by atoms with E-state index in [1.807, 2.05) is 20.2 Å². The number of rotatable bonds is 5. The summed E-state index contributed by atoms with van der Waals surface area (Å²) >= 11 is 0. The largest absolute Gasteiger partial charge is 0.375 e. The van der Waals surface area contributed by atoms with Crippen molar-refractivity contribution in [2.24, 2.45) is 4.99 Å². The Hall–Kier alpha value is -1.05. The minimum absolute atomic E-state index is 0. The fourth-order valence-corrected chi connectivity index (χ4v) is 1.74. The standard InChI is InChI=1S/C15H25FN4.HI/c1-6-11(2)19-15(17-3)18-10-12-7-8-14(20(4)5)13(16)9-12;/h7-9,11H,6,10H2,1-5H3,(H2,17,18,19);1H. The molecule has 0 saturated heterocycles. The summed E-state index contributed by atoms with van der Waals surface area (Å²) in [6, 6.07) is 5.62. The SMILES string of the molecule is CCC(C)NC(=NC)NCc1ccc(N(C)C)c(F)c1.I. The van der Waals surface area contributed by atoms with Crippen LogP contribution in [0.15, 0.2) is 23.2 Å². The first-order chi connectivity index (χ1) is 9.47. The van der Waals surface area contributed by atoms with Crippen LogP contribution in [0.2, 0.25) is 0 Å². The molecule has 0 aromatic heterocycles. The summed E-state index contributed by atoms with van der Waals surface area (Å²) in [7, 11) is 5.38. The van der Waals surface area contributed by atoms with Crippen molar-refractivity contribution in [3.8, 4) is 0 Å². The molecule has 0 aliphatic carbocycles.